The lowest BCUT2D eigenvalue weighted by atomic mass is 9.85. The zero-order valence-corrected chi connectivity index (χ0v) is 16.3. The van der Waals surface area contributed by atoms with E-state index in [0.717, 1.165) is 27.6 Å². The molecule has 4 nitrogen and oxygen atoms in total. The van der Waals surface area contributed by atoms with E-state index in [9.17, 15) is 9.90 Å². The molecular weight excluding hydrogens is 348 g/mol. The Labute approximate surface area is 165 Å². The van der Waals surface area contributed by atoms with Crippen molar-refractivity contribution in [2.75, 3.05) is 13.1 Å². The second kappa shape index (κ2) is 7.72. The lowest BCUT2D eigenvalue weighted by molar-refractivity contribution is -0.135. The van der Waals surface area contributed by atoms with E-state index in [-0.39, 0.29) is 5.91 Å². The van der Waals surface area contributed by atoms with Gasteiger partial charge in [0.1, 0.15) is 0 Å². The Hall–Kier alpha value is -2.72. The average Bonchev–Trinajstić information content (AvgIpc) is 2.74. The van der Waals surface area contributed by atoms with E-state index in [1.165, 1.54) is 0 Å². The van der Waals surface area contributed by atoms with Crippen molar-refractivity contribution in [3.05, 3.63) is 66.4 Å². The molecule has 1 aliphatic heterocycles. The van der Waals surface area contributed by atoms with Crippen LogP contribution in [0.5, 0.6) is 0 Å². The number of hydrogen-bond donors (Lipinski definition) is 1. The number of para-hydroxylation sites is 1. The van der Waals surface area contributed by atoms with Gasteiger partial charge in [0, 0.05) is 43.1 Å². The standard InChI is InChI=1S/C24H26N2O2/c1-2-23(27)26-13-11-24(28,12-14-26)16-18-7-9-19(10-8-18)21-15-20-5-3-4-6-22(20)25-17-21/h3-10,15,17,28H,2,11-14,16H2,1H3. The zero-order valence-electron chi connectivity index (χ0n) is 16.3. The number of nitrogens with zero attached hydrogens (tertiary/aromatic N) is 2. The Balaban J connectivity index is 1.45. The highest BCUT2D eigenvalue weighted by Crippen LogP contribution is 2.28. The fraction of sp³-hybridized carbons (Fsp3) is 0.333. The molecule has 0 atom stereocenters. The zero-order chi connectivity index (χ0) is 19.6. The summed E-state index contributed by atoms with van der Waals surface area (Å²) in [7, 11) is 0. The Kier molecular flexibility index (Phi) is 5.14. The van der Waals surface area contributed by atoms with Crippen molar-refractivity contribution in [3.63, 3.8) is 0 Å². The SMILES string of the molecule is CCC(=O)N1CCC(O)(Cc2ccc(-c3cnc4ccccc4c3)cc2)CC1. The number of piperidine rings is 1. The number of hydrogen-bond acceptors (Lipinski definition) is 3. The van der Waals surface area contributed by atoms with Gasteiger partial charge in [0.2, 0.25) is 5.91 Å². The van der Waals surface area contributed by atoms with Gasteiger partial charge in [0.25, 0.3) is 0 Å². The molecule has 3 aromatic rings. The number of aliphatic hydroxyl groups is 1. The van der Waals surface area contributed by atoms with Crippen molar-refractivity contribution in [2.24, 2.45) is 0 Å². The Morgan fingerprint density at radius 2 is 1.79 bits per heavy atom. The maximum atomic E-state index is 11.8. The number of fused-ring (bicyclic) bond motifs is 1. The topological polar surface area (TPSA) is 53.4 Å². The minimum Gasteiger partial charge on any atom is -0.389 e. The highest BCUT2D eigenvalue weighted by atomic mass is 16.3. The number of likely N-dealkylation sites (tertiary alicyclic amines) is 1. The van der Waals surface area contributed by atoms with E-state index in [4.69, 9.17) is 0 Å². The Bertz CT molecular complexity index is 973. The van der Waals surface area contributed by atoms with E-state index in [2.05, 4.69) is 41.4 Å². The third kappa shape index (κ3) is 3.92. The lowest BCUT2D eigenvalue weighted by Crippen LogP contribution is -2.47. The molecule has 1 N–H and O–H groups in total. The first-order valence-electron chi connectivity index (χ1n) is 10.0. The van der Waals surface area contributed by atoms with Crippen LogP contribution in [-0.2, 0) is 11.2 Å². The summed E-state index contributed by atoms with van der Waals surface area (Å²) < 4.78 is 0. The molecule has 144 valence electrons. The Morgan fingerprint density at radius 1 is 1.07 bits per heavy atom. The number of benzene rings is 2. The molecule has 1 fully saturated rings. The summed E-state index contributed by atoms with van der Waals surface area (Å²) >= 11 is 0. The summed E-state index contributed by atoms with van der Waals surface area (Å²) in [6.07, 6.45) is 4.33. The van der Waals surface area contributed by atoms with Crippen LogP contribution >= 0.6 is 0 Å². The van der Waals surface area contributed by atoms with Crippen LogP contribution in [0.1, 0.15) is 31.7 Å². The van der Waals surface area contributed by atoms with Crippen LogP contribution in [0.25, 0.3) is 22.0 Å². The molecule has 4 heteroatoms. The summed E-state index contributed by atoms with van der Waals surface area (Å²) in [6, 6.07) is 18.6. The van der Waals surface area contributed by atoms with Gasteiger partial charge in [0.05, 0.1) is 11.1 Å². The highest BCUT2D eigenvalue weighted by molar-refractivity contribution is 5.83. The van der Waals surface area contributed by atoms with Gasteiger partial charge in [-0.1, -0.05) is 49.4 Å². The van der Waals surface area contributed by atoms with E-state index in [1.807, 2.05) is 36.2 Å². The maximum Gasteiger partial charge on any atom is 0.222 e. The van der Waals surface area contributed by atoms with E-state index < -0.39 is 5.60 Å². The largest absolute Gasteiger partial charge is 0.389 e. The van der Waals surface area contributed by atoms with Crippen molar-refractivity contribution in [3.8, 4) is 11.1 Å². The molecule has 0 bridgehead atoms. The van der Waals surface area contributed by atoms with E-state index in [1.54, 1.807) is 0 Å². The lowest BCUT2D eigenvalue weighted by Gasteiger charge is -2.38. The van der Waals surface area contributed by atoms with Crippen LogP contribution in [0.2, 0.25) is 0 Å². The number of carbonyl (C=O) groups excluding carboxylic acids is 1. The molecule has 2 aromatic carbocycles. The molecule has 0 saturated carbocycles. The van der Waals surface area contributed by atoms with Gasteiger partial charge >= 0.3 is 0 Å². The number of pyridine rings is 1. The second-order valence-electron chi connectivity index (χ2n) is 7.75. The molecular formula is C24H26N2O2. The number of rotatable bonds is 4. The van der Waals surface area contributed by atoms with Crippen molar-refractivity contribution in [2.45, 2.75) is 38.2 Å². The van der Waals surface area contributed by atoms with Crippen LogP contribution in [0, 0.1) is 0 Å². The molecule has 28 heavy (non-hydrogen) atoms. The van der Waals surface area contributed by atoms with Crippen molar-refractivity contribution in [1.82, 2.24) is 9.88 Å². The van der Waals surface area contributed by atoms with Crippen LogP contribution < -0.4 is 0 Å². The summed E-state index contributed by atoms with van der Waals surface area (Å²) in [4.78, 5) is 18.2. The molecule has 0 unspecified atom stereocenters. The first kappa shape index (κ1) is 18.6. The van der Waals surface area contributed by atoms with Gasteiger partial charge in [-0.3, -0.25) is 9.78 Å². The predicted octanol–water partition coefficient (Wildman–Crippen LogP) is 4.21. The quantitative estimate of drug-likeness (QED) is 0.744. The van der Waals surface area contributed by atoms with Crippen LogP contribution in [0.4, 0.5) is 0 Å². The van der Waals surface area contributed by atoms with Crippen molar-refractivity contribution >= 4 is 16.8 Å². The van der Waals surface area contributed by atoms with Gasteiger partial charge < -0.3 is 10.0 Å². The summed E-state index contributed by atoms with van der Waals surface area (Å²) in [5.41, 5.74) is 3.61. The molecule has 1 saturated heterocycles. The van der Waals surface area contributed by atoms with Crippen molar-refractivity contribution in [1.29, 1.82) is 0 Å². The Morgan fingerprint density at radius 3 is 2.50 bits per heavy atom. The molecule has 2 heterocycles. The van der Waals surface area contributed by atoms with Gasteiger partial charge in [-0.25, -0.2) is 0 Å². The highest BCUT2D eigenvalue weighted by Gasteiger charge is 2.33. The fourth-order valence-electron chi connectivity index (χ4n) is 4.00. The van der Waals surface area contributed by atoms with Gasteiger partial charge in [0.15, 0.2) is 0 Å². The van der Waals surface area contributed by atoms with E-state index in [0.29, 0.717) is 38.8 Å². The van der Waals surface area contributed by atoms with Crippen molar-refractivity contribution < 1.29 is 9.90 Å². The smallest absolute Gasteiger partial charge is 0.222 e. The van der Waals surface area contributed by atoms with Crippen LogP contribution in [-0.4, -0.2) is 39.6 Å². The van der Waals surface area contributed by atoms with Gasteiger partial charge in [-0.2, -0.15) is 0 Å². The summed E-state index contributed by atoms with van der Waals surface area (Å²) in [5, 5.41) is 12.1. The number of aromatic nitrogens is 1. The van der Waals surface area contributed by atoms with Crippen LogP contribution in [0.15, 0.2) is 60.8 Å². The van der Waals surface area contributed by atoms with Gasteiger partial charge in [-0.05, 0) is 36.1 Å². The number of carbonyl (C=O) groups is 1. The third-order valence-corrected chi connectivity index (χ3v) is 5.76. The maximum absolute atomic E-state index is 11.8. The minimum absolute atomic E-state index is 0.176. The predicted molar refractivity (Wildman–Crippen MR) is 112 cm³/mol. The fourth-order valence-corrected chi connectivity index (χ4v) is 4.00. The molecule has 1 aromatic heterocycles. The summed E-state index contributed by atoms with van der Waals surface area (Å²) in [6.45, 7) is 3.17. The normalized spacial score (nSPS) is 16.3. The first-order chi connectivity index (χ1) is 13.6. The minimum atomic E-state index is -0.726. The third-order valence-electron chi connectivity index (χ3n) is 5.76. The second-order valence-corrected chi connectivity index (χ2v) is 7.75. The first-order valence-corrected chi connectivity index (χ1v) is 10.0. The molecule has 0 aliphatic carbocycles. The van der Waals surface area contributed by atoms with E-state index >= 15 is 0 Å². The molecule has 0 spiro atoms. The monoisotopic (exact) mass is 374 g/mol. The molecule has 4 rings (SSSR count). The molecule has 1 aliphatic rings. The van der Waals surface area contributed by atoms with Crippen LogP contribution in [0.3, 0.4) is 0 Å². The number of amides is 1. The summed E-state index contributed by atoms with van der Waals surface area (Å²) in [5.74, 6) is 0.176. The van der Waals surface area contributed by atoms with Gasteiger partial charge in [-0.15, -0.1) is 0 Å². The molecule has 1 amide bonds. The average molecular weight is 374 g/mol. The molecule has 0 radical (unpaired) electrons.